The van der Waals surface area contributed by atoms with Crippen LogP contribution in [0.1, 0.15) is 29.6 Å². The van der Waals surface area contributed by atoms with Gasteiger partial charge in [0.15, 0.2) is 5.78 Å². The molecule has 1 atom stereocenters. The average molecular weight is 284 g/mol. The molecular formula is C12H14BrNO2. The van der Waals surface area contributed by atoms with E-state index in [4.69, 9.17) is 10.5 Å². The molecule has 0 radical (unpaired) electrons. The summed E-state index contributed by atoms with van der Waals surface area (Å²) >= 11 is 3.32. The van der Waals surface area contributed by atoms with Crippen LogP contribution in [-0.2, 0) is 4.74 Å². The zero-order valence-electron chi connectivity index (χ0n) is 8.91. The minimum atomic E-state index is 0.101. The van der Waals surface area contributed by atoms with Crippen molar-refractivity contribution < 1.29 is 9.53 Å². The van der Waals surface area contributed by atoms with Crippen LogP contribution in [0.25, 0.3) is 0 Å². The van der Waals surface area contributed by atoms with Crippen molar-refractivity contribution >= 4 is 27.4 Å². The highest BCUT2D eigenvalue weighted by atomic mass is 79.9. The smallest absolute Gasteiger partial charge is 0.165 e. The van der Waals surface area contributed by atoms with Crippen LogP contribution >= 0.6 is 15.9 Å². The fourth-order valence-electron chi connectivity index (χ4n) is 1.83. The molecule has 16 heavy (non-hydrogen) atoms. The third-order valence-corrected chi connectivity index (χ3v) is 3.45. The zero-order valence-corrected chi connectivity index (χ0v) is 10.5. The second kappa shape index (κ2) is 4.97. The molecular weight excluding hydrogens is 270 g/mol. The summed E-state index contributed by atoms with van der Waals surface area (Å²) in [6, 6.07) is 5.27. The number of anilines is 1. The molecule has 1 saturated heterocycles. The molecule has 1 aromatic carbocycles. The first-order valence-electron chi connectivity index (χ1n) is 5.36. The third-order valence-electron chi connectivity index (χ3n) is 2.76. The molecule has 1 unspecified atom stereocenters. The van der Waals surface area contributed by atoms with Gasteiger partial charge in [-0.1, -0.05) is 0 Å². The predicted molar refractivity (Wildman–Crippen MR) is 66.5 cm³/mol. The summed E-state index contributed by atoms with van der Waals surface area (Å²) in [6.45, 7) is 0.781. The van der Waals surface area contributed by atoms with Gasteiger partial charge in [-0.2, -0.15) is 0 Å². The summed E-state index contributed by atoms with van der Waals surface area (Å²) in [7, 11) is 0. The summed E-state index contributed by atoms with van der Waals surface area (Å²) in [6.07, 6.45) is 2.62. The van der Waals surface area contributed by atoms with Gasteiger partial charge in [-0.25, -0.2) is 0 Å². The molecule has 1 aliphatic rings. The number of hydrogen-bond acceptors (Lipinski definition) is 3. The standard InChI is InChI=1S/C12H14BrNO2/c13-10-6-8(3-4-11(10)14)12(15)7-9-2-1-5-16-9/h3-4,6,9H,1-2,5,7,14H2. The van der Waals surface area contributed by atoms with E-state index in [0.717, 1.165) is 23.9 Å². The Morgan fingerprint density at radius 2 is 2.38 bits per heavy atom. The number of rotatable bonds is 3. The van der Waals surface area contributed by atoms with Gasteiger partial charge in [-0.15, -0.1) is 0 Å². The van der Waals surface area contributed by atoms with Gasteiger partial charge in [-0.3, -0.25) is 4.79 Å². The molecule has 1 fully saturated rings. The second-order valence-corrected chi connectivity index (χ2v) is 4.85. The molecule has 2 N–H and O–H groups in total. The van der Waals surface area contributed by atoms with E-state index in [-0.39, 0.29) is 11.9 Å². The maximum absolute atomic E-state index is 11.9. The first kappa shape index (κ1) is 11.6. The van der Waals surface area contributed by atoms with Gasteiger partial charge in [0.05, 0.1) is 6.10 Å². The highest BCUT2D eigenvalue weighted by Crippen LogP contribution is 2.23. The van der Waals surface area contributed by atoms with E-state index in [1.807, 2.05) is 0 Å². The molecule has 0 aromatic heterocycles. The lowest BCUT2D eigenvalue weighted by Crippen LogP contribution is -2.12. The molecule has 4 heteroatoms. The van der Waals surface area contributed by atoms with E-state index >= 15 is 0 Å². The number of ketones is 1. The SMILES string of the molecule is Nc1ccc(C(=O)CC2CCCO2)cc1Br. The molecule has 1 heterocycles. The van der Waals surface area contributed by atoms with Gasteiger partial charge < -0.3 is 10.5 Å². The average Bonchev–Trinajstić information content (AvgIpc) is 2.74. The lowest BCUT2D eigenvalue weighted by Gasteiger charge is -2.08. The van der Waals surface area contributed by atoms with Gasteiger partial charge in [0.1, 0.15) is 0 Å². The van der Waals surface area contributed by atoms with Gasteiger partial charge in [0, 0.05) is 28.8 Å². The highest BCUT2D eigenvalue weighted by Gasteiger charge is 2.20. The van der Waals surface area contributed by atoms with Crippen molar-refractivity contribution in [1.82, 2.24) is 0 Å². The normalized spacial score (nSPS) is 19.9. The van der Waals surface area contributed by atoms with Crippen molar-refractivity contribution in [3.63, 3.8) is 0 Å². The second-order valence-electron chi connectivity index (χ2n) is 4.00. The van der Waals surface area contributed by atoms with Crippen molar-refractivity contribution in [2.24, 2.45) is 0 Å². The van der Waals surface area contributed by atoms with E-state index in [9.17, 15) is 4.79 Å². The van der Waals surface area contributed by atoms with Gasteiger partial charge in [0.2, 0.25) is 0 Å². The Labute approximate surface area is 103 Å². The largest absolute Gasteiger partial charge is 0.398 e. The van der Waals surface area contributed by atoms with E-state index in [2.05, 4.69) is 15.9 Å². The summed E-state index contributed by atoms with van der Waals surface area (Å²) in [5, 5.41) is 0. The zero-order chi connectivity index (χ0) is 11.5. The van der Waals surface area contributed by atoms with Crippen LogP contribution in [0.2, 0.25) is 0 Å². The summed E-state index contributed by atoms with van der Waals surface area (Å²) < 4.78 is 6.21. The molecule has 0 spiro atoms. The Hall–Kier alpha value is -0.870. The molecule has 0 aliphatic carbocycles. The number of nitrogens with two attached hydrogens (primary N) is 1. The van der Waals surface area contributed by atoms with Crippen LogP contribution in [0.15, 0.2) is 22.7 Å². The van der Waals surface area contributed by atoms with Gasteiger partial charge in [0.25, 0.3) is 0 Å². The van der Waals surface area contributed by atoms with Crippen molar-refractivity contribution in [3.05, 3.63) is 28.2 Å². The Morgan fingerprint density at radius 1 is 1.56 bits per heavy atom. The minimum absolute atomic E-state index is 0.101. The maximum atomic E-state index is 11.9. The van der Waals surface area contributed by atoms with Crippen molar-refractivity contribution in [2.45, 2.75) is 25.4 Å². The number of ether oxygens (including phenoxy) is 1. The van der Waals surface area contributed by atoms with Crippen molar-refractivity contribution in [2.75, 3.05) is 12.3 Å². The van der Waals surface area contributed by atoms with E-state index in [1.54, 1.807) is 18.2 Å². The van der Waals surface area contributed by atoms with Gasteiger partial charge >= 0.3 is 0 Å². The summed E-state index contributed by atoms with van der Waals surface area (Å²) in [5.74, 6) is 0.118. The van der Waals surface area contributed by atoms with Crippen molar-refractivity contribution in [1.29, 1.82) is 0 Å². The Morgan fingerprint density at radius 3 is 3.00 bits per heavy atom. The van der Waals surface area contributed by atoms with Crippen molar-refractivity contribution in [3.8, 4) is 0 Å². The lowest BCUT2D eigenvalue weighted by molar-refractivity contribution is 0.0775. The number of carbonyl (C=O) groups is 1. The molecule has 0 bridgehead atoms. The quantitative estimate of drug-likeness (QED) is 0.686. The van der Waals surface area contributed by atoms with E-state index < -0.39 is 0 Å². The molecule has 2 rings (SSSR count). The fourth-order valence-corrected chi connectivity index (χ4v) is 2.21. The first-order valence-corrected chi connectivity index (χ1v) is 6.16. The van der Waals surface area contributed by atoms with E-state index in [0.29, 0.717) is 17.7 Å². The van der Waals surface area contributed by atoms with Crippen LogP contribution in [0.4, 0.5) is 5.69 Å². The van der Waals surface area contributed by atoms with Crippen LogP contribution in [0, 0.1) is 0 Å². The number of benzene rings is 1. The number of halogens is 1. The Bertz CT molecular complexity index is 400. The fraction of sp³-hybridized carbons (Fsp3) is 0.417. The highest BCUT2D eigenvalue weighted by molar-refractivity contribution is 9.10. The molecule has 1 aliphatic heterocycles. The molecule has 3 nitrogen and oxygen atoms in total. The Kier molecular flexibility index (Phi) is 3.61. The van der Waals surface area contributed by atoms with Crippen LogP contribution < -0.4 is 5.73 Å². The van der Waals surface area contributed by atoms with Crippen LogP contribution in [0.3, 0.4) is 0 Å². The van der Waals surface area contributed by atoms with Crippen LogP contribution in [0.5, 0.6) is 0 Å². The third kappa shape index (κ3) is 2.62. The van der Waals surface area contributed by atoms with Gasteiger partial charge in [-0.05, 0) is 47.0 Å². The summed E-state index contributed by atoms with van der Waals surface area (Å²) in [5.41, 5.74) is 7.01. The van der Waals surface area contributed by atoms with Crippen LogP contribution in [-0.4, -0.2) is 18.5 Å². The number of carbonyl (C=O) groups excluding carboxylic acids is 1. The first-order chi connectivity index (χ1) is 7.66. The maximum Gasteiger partial charge on any atom is 0.165 e. The number of nitrogen functional groups attached to an aromatic ring is 1. The lowest BCUT2D eigenvalue weighted by atomic mass is 10.0. The molecule has 0 amide bonds. The molecule has 0 saturated carbocycles. The number of hydrogen-bond donors (Lipinski definition) is 1. The molecule has 1 aromatic rings. The summed E-state index contributed by atoms with van der Waals surface area (Å²) in [4.78, 5) is 11.9. The monoisotopic (exact) mass is 283 g/mol. The molecule has 86 valence electrons. The minimum Gasteiger partial charge on any atom is -0.398 e. The number of Topliss-reactive ketones (excluding diaryl/α,β-unsaturated/α-hetero) is 1. The topological polar surface area (TPSA) is 52.3 Å². The predicted octanol–water partition coefficient (Wildman–Crippen LogP) is 2.78. The van der Waals surface area contributed by atoms with E-state index in [1.165, 1.54) is 0 Å². The Balaban J connectivity index is 2.05.